The summed E-state index contributed by atoms with van der Waals surface area (Å²) in [6, 6.07) is 5.81. The molecule has 2 saturated heterocycles. The van der Waals surface area contributed by atoms with Crippen molar-refractivity contribution in [2.45, 2.75) is 91.7 Å². The summed E-state index contributed by atoms with van der Waals surface area (Å²) in [4.78, 5) is 35.7. The fourth-order valence-electron chi connectivity index (χ4n) is 5.36. The minimum Gasteiger partial charge on any atom is -0.350 e. The van der Waals surface area contributed by atoms with E-state index in [0.717, 1.165) is 13.1 Å². The summed E-state index contributed by atoms with van der Waals surface area (Å²) >= 11 is 0. The van der Waals surface area contributed by atoms with Gasteiger partial charge in [0.05, 0.1) is 0 Å². The molecular weight excluding hydrogens is 483 g/mol. The Kier molecular flexibility index (Phi) is 7.54. The molecule has 2 aliphatic rings. The molecule has 202 valence electrons. The molecule has 3 heterocycles. The fourth-order valence-corrected chi connectivity index (χ4v) is 12.1. The highest BCUT2D eigenvalue weighted by atomic mass is 28.3. The van der Waals surface area contributed by atoms with Crippen molar-refractivity contribution in [3.8, 4) is 0 Å². The number of carbonyl (C=O) groups excluding carboxylic acids is 2. The molecule has 0 radical (unpaired) electrons. The van der Waals surface area contributed by atoms with Crippen molar-refractivity contribution in [3.63, 3.8) is 0 Å². The Morgan fingerprint density at radius 3 is 1.33 bits per heavy atom. The van der Waals surface area contributed by atoms with Crippen molar-refractivity contribution in [2.75, 3.05) is 36.0 Å². The van der Waals surface area contributed by atoms with E-state index in [4.69, 9.17) is 4.98 Å². The molecule has 3 rings (SSSR count). The van der Waals surface area contributed by atoms with E-state index in [1.165, 1.54) is 0 Å². The molecule has 0 aliphatic carbocycles. The Hall–Kier alpha value is -1.88. The van der Waals surface area contributed by atoms with E-state index >= 15 is 0 Å². The second-order valence-electron chi connectivity index (χ2n) is 13.4. The lowest BCUT2D eigenvalue weighted by atomic mass is 9.99. The number of anilines is 2. The standard InChI is InChI=1S/C27H49N5O2Si2/c1-20(2)26(5,6)35(9,10)31-18-16-29(24(31)33)22-14-13-15-23(28-22)30-17-19-32(25(30)34)36(11,12)27(7,8)21(3)4/h13-15,20-21H,16-19H2,1-12H3. The normalized spacial score (nSPS) is 18.5. The minimum absolute atomic E-state index is 0.0478. The first kappa shape index (κ1) is 28.7. The predicted molar refractivity (Wildman–Crippen MR) is 156 cm³/mol. The molecule has 4 amide bonds. The predicted octanol–water partition coefficient (Wildman–Crippen LogP) is 6.85. The summed E-state index contributed by atoms with van der Waals surface area (Å²) < 4.78 is 4.26. The van der Waals surface area contributed by atoms with Crippen molar-refractivity contribution < 1.29 is 9.59 Å². The summed E-state index contributed by atoms with van der Waals surface area (Å²) in [6.45, 7) is 30.1. The summed E-state index contributed by atoms with van der Waals surface area (Å²) in [6.07, 6.45) is 0. The van der Waals surface area contributed by atoms with Crippen molar-refractivity contribution in [3.05, 3.63) is 18.2 Å². The minimum atomic E-state index is -2.06. The van der Waals surface area contributed by atoms with Gasteiger partial charge in [-0.1, -0.05) is 87.6 Å². The van der Waals surface area contributed by atoms with Crippen LogP contribution in [0, 0.1) is 11.8 Å². The molecule has 0 bridgehead atoms. The average Bonchev–Trinajstić information content (AvgIpc) is 3.36. The monoisotopic (exact) mass is 531 g/mol. The Morgan fingerprint density at radius 2 is 1.03 bits per heavy atom. The quantitative estimate of drug-likeness (QED) is 0.345. The number of rotatable bonds is 8. The van der Waals surface area contributed by atoms with Crippen LogP contribution in [0.15, 0.2) is 18.2 Å². The number of aromatic nitrogens is 1. The topological polar surface area (TPSA) is 60.0 Å². The second-order valence-corrected chi connectivity index (χ2v) is 23.3. The molecule has 0 unspecified atom stereocenters. The molecule has 0 aromatic carbocycles. The van der Waals surface area contributed by atoms with Gasteiger partial charge in [0, 0.05) is 26.2 Å². The van der Waals surface area contributed by atoms with Crippen LogP contribution >= 0.6 is 0 Å². The van der Waals surface area contributed by atoms with E-state index in [1.807, 2.05) is 18.2 Å². The van der Waals surface area contributed by atoms with Crippen LogP contribution in [0.25, 0.3) is 0 Å². The molecule has 0 saturated carbocycles. The van der Waals surface area contributed by atoms with Gasteiger partial charge in [0.2, 0.25) is 0 Å². The Labute approximate surface area is 221 Å². The van der Waals surface area contributed by atoms with Crippen LogP contribution in [-0.4, -0.2) is 68.8 Å². The van der Waals surface area contributed by atoms with Gasteiger partial charge in [-0.05, 0) is 34.0 Å². The molecule has 1 aromatic rings. The van der Waals surface area contributed by atoms with E-state index in [0.29, 0.717) is 36.6 Å². The van der Waals surface area contributed by atoms with Gasteiger partial charge in [0.15, 0.2) is 16.5 Å². The highest BCUT2D eigenvalue weighted by Gasteiger charge is 2.52. The Morgan fingerprint density at radius 1 is 0.694 bits per heavy atom. The van der Waals surface area contributed by atoms with E-state index in [1.54, 1.807) is 9.80 Å². The van der Waals surface area contributed by atoms with Crippen molar-refractivity contribution in [1.82, 2.24) is 14.1 Å². The SMILES string of the molecule is CC(C)C(C)(C)[Si](C)(C)N1CCN(c2cccc(N3CCN([Si](C)(C)C(C)(C)C(C)C)C3=O)n2)C1=O. The van der Waals surface area contributed by atoms with Gasteiger partial charge in [0.1, 0.15) is 11.6 Å². The van der Waals surface area contributed by atoms with E-state index in [2.05, 4.69) is 90.7 Å². The number of carbonyl (C=O) groups is 2. The third-order valence-corrected chi connectivity index (χ3v) is 21.7. The van der Waals surface area contributed by atoms with Crippen molar-refractivity contribution in [1.29, 1.82) is 0 Å². The summed E-state index contributed by atoms with van der Waals surface area (Å²) in [7, 11) is -4.12. The fraction of sp³-hybridized carbons (Fsp3) is 0.741. The first-order chi connectivity index (χ1) is 16.4. The van der Waals surface area contributed by atoms with Crippen molar-refractivity contribution >= 4 is 40.2 Å². The lowest BCUT2D eigenvalue weighted by Gasteiger charge is -2.48. The first-order valence-electron chi connectivity index (χ1n) is 13.5. The smallest absolute Gasteiger partial charge is 0.317 e. The summed E-state index contributed by atoms with van der Waals surface area (Å²) in [5.74, 6) is 2.25. The highest BCUT2D eigenvalue weighted by Crippen LogP contribution is 2.48. The van der Waals surface area contributed by atoms with Crippen LogP contribution in [-0.2, 0) is 0 Å². The van der Waals surface area contributed by atoms with Gasteiger partial charge in [-0.3, -0.25) is 9.80 Å². The molecule has 0 atom stereocenters. The lowest BCUT2D eigenvalue weighted by Crippen LogP contribution is -2.58. The maximum atomic E-state index is 13.6. The molecule has 7 nitrogen and oxygen atoms in total. The third-order valence-electron chi connectivity index (χ3n) is 10.7. The third kappa shape index (κ3) is 4.40. The van der Waals surface area contributed by atoms with Crippen LogP contribution in [0.1, 0.15) is 55.4 Å². The zero-order chi connectivity index (χ0) is 27.4. The highest BCUT2D eigenvalue weighted by molar-refractivity contribution is 6.80. The van der Waals surface area contributed by atoms with Gasteiger partial charge >= 0.3 is 12.1 Å². The molecule has 36 heavy (non-hydrogen) atoms. The van der Waals surface area contributed by atoms with Crippen LogP contribution in [0.4, 0.5) is 21.2 Å². The maximum Gasteiger partial charge on any atom is 0.317 e. The Balaban J connectivity index is 1.84. The zero-order valence-corrected chi connectivity index (χ0v) is 26.8. The summed E-state index contributed by atoms with van der Waals surface area (Å²) in [5.41, 5.74) is 0. The molecule has 1 aromatic heterocycles. The van der Waals surface area contributed by atoms with E-state index in [-0.39, 0.29) is 22.1 Å². The van der Waals surface area contributed by atoms with Gasteiger partial charge in [-0.15, -0.1) is 0 Å². The number of nitrogens with zero attached hydrogens (tertiary/aromatic N) is 5. The first-order valence-corrected chi connectivity index (χ1v) is 19.4. The van der Waals surface area contributed by atoms with E-state index in [9.17, 15) is 9.59 Å². The van der Waals surface area contributed by atoms with Gasteiger partial charge in [-0.2, -0.15) is 0 Å². The molecule has 0 N–H and O–H groups in total. The van der Waals surface area contributed by atoms with Crippen molar-refractivity contribution in [2.24, 2.45) is 11.8 Å². The van der Waals surface area contributed by atoms with Crippen LogP contribution in [0.5, 0.6) is 0 Å². The second kappa shape index (κ2) is 9.46. The van der Waals surface area contributed by atoms with Crippen LogP contribution in [0.2, 0.25) is 36.3 Å². The molecule has 0 spiro atoms. The Bertz CT molecular complexity index is 930. The van der Waals surface area contributed by atoms with Gasteiger partial charge in [-0.25, -0.2) is 14.6 Å². The largest absolute Gasteiger partial charge is 0.350 e. The van der Waals surface area contributed by atoms with Gasteiger partial charge < -0.3 is 9.13 Å². The number of amides is 4. The molecule has 2 aliphatic heterocycles. The lowest BCUT2D eigenvalue weighted by molar-refractivity contribution is 0.235. The molecule has 9 heteroatoms. The number of urea groups is 2. The van der Waals surface area contributed by atoms with Gasteiger partial charge in [0.25, 0.3) is 0 Å². The number of hydrogen-bond acceptors (Lipinski definition) is 3. The molecule has 2 fully saturated rings. The van der Waals surface area contributed by atoms with Crippen LogP contribution in [0.3, 0.4) is 0 Å². The molecular formula is C27H49N5O2Si2. The van der Waals surface area contributed by atoms with E-state index < -0.39 is 16.5 Å². The maximum absolute atomic E-state index is 13.6. The number of pyridine rings is 1. The number of hydrogen-bond donors (Lipinski definition) is 0. The zero-order valence-electron chi connectivity index (χ0n) is 24.8. The summed E-state index contributed by atoms with van der Waals surface area (Å²) in [5, 5.41) is 0.166. The average molecular weight is 532 g/mol. The van der Waals surface area contributed by atoms with Crippen LogP contribution < -0.4 is 9.80 Å².